The van der Waals surface area contributed by atoms with Crippen molar-refractivity contribution in [3.8, 4) is 34.5 Å². The number of benzene rings is 6. The van der Waals surface area contributed by atoms with E-state index in [1.807, 2.05) is 73.2 Å². The van der Waals surface area contributed by atoms with Crippen LogP contribution >= 0.6 is 43.6 Å². The Hall–Kier alpha value is -5.71. The van der Waals surface area contributed by atoms with Crippen molar-refractivity contribution in [2.75, 3.05) is 41.0 Å². The highest BCUT2D eigenvalue weighted by atomic mass is 79.9. The zero-order valence-electron chi connectivity index (χ0n) is 43.7. The molecule has 6 aromatic rings. The van der Waals surface area contributed by atoms with Crippen molar-refractivity contribution in [1.82, 2.24) is 0 Å². The van der Waals surface area contributed by atoms with Crippen molar-refractivity contribution in [2.24, 2.45) is 10.8 Å². The number of thioether (sulfide) groups is 1. The average Bonchev–Trinajstić information content (AvgIpc) is 3.99. The van der Waals surface area contributed by atoms with Crippen LogP contribution in [-0.2, 0) is 55.6 Å². The number of hydrogen-bond acceptors (Lipinski definition) is 10. The number of carbonyl (C=O) groups is 3. The first kappa shape index (κ1) is 59.5. The van der Waals surface area contributed by atoms with Gasteiger partial charge in [-0.05, 0) is 218 Å². The fourth-order valence-electron chi connectivity index (χ4n) is 10.7. The topological polar surface area (TPSA) is 129 Å². The van der Waals surface area contributed by atoms with Crippen LogP contribution < -0.4 is 18.9 Å². The maximum atomic E-state index is 13.2. The van der Waals surface area contributed by atoms with Crippen LogP contribution in [0.1, 0.15) is 107 Å². The number of alkyl halides is 2. The molecule has 0 radical (unpaired) electrons. The Morgan fingerprint density at radius 3 is 1.37 bits per heavy atom. The van der Waals surface area contributed by atoms with Crippen LogP contribution in [0.3, 0.4) is 0 Å². The van der Waals surface area contributed by atoms with Crippen molar-refractivity contribution in [2.45, 2.75) is 81.3 Å². The molecule has 9 nitrogen and oxygen atoms in total. The number of hydrogen-bond donors (Lipinski definition) is 2. The molecular weight excluding hydrogens is 1120 g/mol. The largest absolute Gasteiger partial charge is 0.762 e. The number of halogens is 5. The summed E-state index contributed by atoms with van der Waals surface area (Å²) in [7, 11) is 3.00. The number of fused-ring (bicyclic) bond motifs is 5. The van der Waals surface area contributed by atoms with E-state index in [4.69, 9.17) is 18.9 Å². The number of Topliss-reactive ketones (excluding diaryl/α,β-unsaturated/α-hetero) is 3. The lowest BCUT2D eigenvalue weighted by atomic mass is 9.68. The number of phenols is 2. The molecule has 0 heterocycles. The number of ether oxygens (including phenoxy) is 4. The number of rotatable bonds is 6. The minimum atomic E-state index is -3.67. The van der Waals surface area contributed by atoms with Crippen molar-refractivity contribution in [3.05, 3.63) is 176 Å². The fourth-order valence-corrected chi connectivity index (χ4v) is 11.8. The normalized spacial score (nSPS) is 17.8. The molecule has 0 amide bonds. The molecule has 11 rings (SSSR count). The summed E-state index contributed by atoms with van der Waals surface area (Å²) in [6.45, 7) is 0. The first-order valence-corrected chi connectivity index (χ1v) is 28.7. The number of ketones is 3. The molecule has 6 aromatic carbocycles. The van der Waals surface area contributed by atoms with Crippen LogP contribution in [0.5, 0.6) is 34.5 Å². The summed E-state index contributed by atoms with van der Waals surface area (Å²) >= 11 is 8.62. The monoisotopic (exact) mass is 1190 g/mol. The van der Waals surface area contributed by atoms with Crippen LogP contribution in [0, 0.1) is 10.8 Å². The van der Waals surface area contributed by atoms with E-state index in [1.54, 1.807) is 70.5 Å². The van der Waals surface area contributed by atoms with E-state index < -0.39 is 7.54 Å². The molecule has 0 saturated heterocycles. The molecule has 2 unspecified atom stereocenters. The molecule has 5 aliphatic rings. The number of carbonyl (C=O) groups excluding carboxylic acids is 3. The summed E-state index contributed by atoms with van der Waals surface area (Å²) in [6, 6.07) is 34.2. The van der Waals surface area contributed by atoms with E-state index in [0.29, 0.717) is 12.8 Å². The highest BCUT2D eigenvalue weighted by Crippen LogP contribution is 2.49. The number of methoxy groups -OCH3 is 4. The van der Waals surface area contributed by atoms with Gasteiger partial charge < -0.3 is 29.2 Å². The van der Waals surface area contributed by atoms with E-state index in [9.17, 15) is 37.5 Å². The Morgan fingerprint density at radius 2 is 0.855 bits per heavy atom. The molecule has 402 valence electrons. The van der Waals surface area contributed by atoms with Crippen LogP contribution in [0.4, 0.5) is 12.9 Å². The van der Waals surface area contributed by atoms with E-state index >= 15 is 0 Å². The number of aromatic hydroxyl groups is 2. The molecule has 2 N–H and O–H groups in total. The zero-order chi connectivity index (χ0) is 55.2. The molecule has 0 fully saturated rings. The zero-order valence-corrected chi connectivity index (χ0v) is 47.7. The smallest absolute Gasteiger partial charge is 0.508 e. The lowest BCUT2D eigenvalue weighted by Gasteiger charge is -2.33. The van der Waals surface area contributed by atoms with Gasteiger partial charge in [0.2, 0.25) is 0 Å². The number of phenolic OH excluding ortho intramolecular Hbond substituents is 2. The third kappa shape index (κ3) is 14.5. The van der Waals surface area contributed by atoms with Gasteiger partial charge in [-0.15, -0.1) is 0 Å². The summed E-state index contributed by atoms with van der Waals surface area (Å²) in [5.41, 5.74) is 12.4. The van der Waals surface area contributed by atoms with Crippen LogP contribution in [0.25, 0.3) is 0 Å². The third-order valence-electron chi connectivity index (χ3n) is 14.5. The van der Waals surface area contributed by atoms with Gasteiger partial charge >= 0.3 is 7.54 Å². The van der Waals surface area contributed by atoms with Crippen LogP contribution in [0.2, 0.25) is 0 Å². The first-order valence-electron chi connectivity index (χ1n) is 24.8. The summed E-state index contributed by atoms with van der Waals surface area (Å²) in [5, 5.41) is 20.9. The van der Waals surface area contributed by atoms with E-state index in [-0.39, 0.29) is 39.7 Å². The molecule has 2 atom stereocenters. The van der Waals surface area contributed by atoms with Gasteiger partial charge in [0, 0.05) is 44.6 Å². The van der Waals surface area contributed by atoms with E-state index in [2.05, 4.69) is 50.1 Å². The van der Waals surface area contributed by atoms with Gasteiger partial charge in [-0.25, -0.2) is 0 Å². The summed E-state index contributed by atoms with van der Waals surface area (Å²) in [4.78, 5) is 37.6. The maximum Gasteiger partial charge on any atom is 0.762 e. The van der Waals surface area contributed by atoms with Gasteiger partial charge in [-0.3, -0.25) is 27.3 Å². The Labute approximate surface area is 465 Å². The maximum absolute atomic E-state index is 13.2. The van der Waals surface area contributed by atoms with Crippen molar-refractivity contribution < 1.29 is 56.5 Å². The second kappa shape index (κ2) is 27.6. The molecule has 0 saturated carbocycles. The molecular formula is C60H64BBr2F3O9S. The highest BCUT2D eigenvalue weighted by molar-refractivity contribution is 9.09. The minimum absolute atomic E-state index is 0.180. The fraction of sp³-hybridized carbons (Fsp3) is 0.350. The molecule has 5 aliphatic carbocycles. The quantitative estimate of drug-likeness (QED) is 0.123. The SMILES string of the molecule is COc1ccc(CBr)c(CBr)c1.COc1ccc2c(c1)CC1(CCc3cc(OC)ccc3C1=O)C2.COc1ccc2c(c1)CCCC2=O.CSC.FB(F)F.O=C1c2ccc(O)cc2CCC12Cc1ccc(O)cc1C2. The Balaban J connectivity index is 0.000000163. The van der Waals surface area contributed by atoms with E-state index in [1.165, 1.54) is 27.8 Å². The molecule has 16 heteroatoms. The van der Waals surface area contributed by atoms with Crippen LogP contribution in [0.15, 0.2) is 109 Å². The number of aryl methyl sites for hydroxylation is 3. The second-order valence-electron chi connectivity index (χ2n) is 19.2. The molecule has 2 spiro atoms. The van der Waals surface area contributed by atoms with Crippen molar-refractivity contribution in [1.29, 1.82) is 0 Å². The molecule has 0 aliphatic heterocycles. The lowest BCUT2D eigenvalue weighted by Crippen LogP contribution is -2.36. The molecule has 0 aromatic heterocycles. The minimum Gasteiger partial charge on any atom is -0.508 e. The van der Waals surface area contributed by atoms with Gasteiger partial charge in [-0.1, -0.05) is 50.1 Å². The summed E-state index contributed by atoms with van der Waals surface area (Å²) in [5.74, 6) is 4.67. The van der Waals surface area contributed by atoms with Gasteiger partial charge in [-0.2, -0.15) is 11.8 Å². The highest BCUT2D eigenvalue weighted by Gasteiger charge is 2.48. The van der Waals surface area contributed by atoms with Gasteiger partial charge in [0.05, 0.1) is 28.4 Å². The predicted molar refractivity (Wildman–Crippen MR) is 304 cm³/mol. The van der Waals surface area contributed by atoms with Crippen molar-refractivity contribution >= 4 is 68.5 Å². The van der Waals surface area contributed by atoms with Crippen LogP contribution in [-0.4, -0.2) is 76.1 Å². The first-order chi connectivity index (χ1) is 36.5. The Kier molecular flexibility index (Phi) is 21.6. The van der Waals surface area contributed by atoms with Gasteiger partial charge in [0.25, 0.3) is 0 Å². The second-order valence-corrected chi connectivity index (χ2v) is 21.2. The van der Waals surface area contributed by atoms with E-state index in [0.717, 1.165) is 130 Å². The summed E-state index contributed by atoms with van der Waals surface area (Å²) in [6.07, 6.45) is 13.3. The van der Waals surface area contributed by atoms with Crippen molar-refractivity contribution in [3.63, 3.8) is 0 Å². The Bertz CT molecular complexity index is 3010. The molecule has 0 bridgehead atoms. The standard InChI is InChI=1S/C20H20O3.C18H16O3.C11H12O2.C9H10Br2O.C2H6S.BF3/c1-22-16-4-3-14-11-20(12-15(14)10-16)8-7-13-9-17(23-2)5-6-18(13)19(20)21;19-14-2-1-12-9-18(10-13(12)8-14)6-5-11-7-15(20)3-4-16(11)17(18)21;1-13-9-5-6-10-8(7-9)3-2-4-11(10)12;1-12-9-3-2-7(5-10)8(4-9)6-11;1-3-2;2-1(3)4/h3-6,9-10H,7-8,11-12H2,1-2H3;1-4,7-8,19-20H,5-6,9-10H2;5-7H,2-4H2,1H3;2-4H,5-6H2,1H3;1-2H3;. The summed E-state index contributed by atoms with van der Waals surface area (Å²) < 4.78 is 49.8. The lowest BCUT2D eigenvalue weighted by molar-refractivity contribution is 0.0765. The predicted octanol–water partition coefficient (Wildman–Crippen LogP) is 14.2. The Morgan fingerprint density at radius 1 is 0.487 bits per heavy atom. The van der Waals surface area contributed by atoms with Gasteiger partial charge in [0.1, 0.15) is 34.5 Å². The molecule has 76 heavy (non-hydrogen) atoms. The third-order valence-corrected chi connectivity index (χ3v) is 15.7. The average molecular weight is 1190 g/mol. The van der Waals surface area contributed by atoms with Gasteiger partial charge in [0.15, 0.2) is 17.3 Å².